The number of hydrogen-bond acceptors (Lipinski definition) is 4. The van der Waals surface area contributed by atoms with Crippen molar-refractivity contribution in [2.75, 3.05) is 20.3 Å². The van der Waals surface area contributed by atoms with E-state index in [0.717, 1.165) is 32.3 Å². The molecule has 4 heteroatoms. The van der Waals surface area contributed by atoms with Crippen molar-refractivity contribution in [1.82, 2.24) is 0 Å². The van der Waals surface area contributed by atoms with Crippen LogP contribution >= 0.6 is 0 Å². The fraction of sp³-hybridized carbons (Fsp3) is 0.500. The summed E-state index contributed by atoms with van der Waals surface area (Å²) in [6.45, 7) is 1.22. The number of rotatable bonds is 8. The molecule has 0 aliphatic rings. The fourth-order valence-corrected chi connectivity index (χ4v) is 1.55. The highest BCUT2D eigenvalue weighted by atomic mass is 16.5. The van der Waals surface area contributed by atoms with Gasteiger partial charge in [0.1, 0.15) is 5.75 Å². The van der Waals surface area contributed by atoms with Gasteiger partial charge >= 0.3 is 5.97 Å². The minimum Gasteiger partial charge on any atom is -0.508 e. The molecule has 0 bridgehead atoms. The lowest BCUT2D eigenvalue weighted by Gasteiger charge is -2.05. The number of ether oxygens (including phenoxy) is 2. The number of methoxy groups -OCH3 is 1. The van der Waals surface area contributed by atoms with Crippen LogP contribution in [0.4, 0.5) is 0 Å². The maximum atomic E-state index is 11.6. The Morgan fingerprint density at radius 3 is 2.28 bits per heavy atom. The molecule has 1 aromatic rings. The normalized spacial score (nSPS) is 10.3. The predicted octanol–water partition coefficient (Wildman–Crippen LogP) is 2.76. The Hall–Kier alpha value is -1.55. The zero-order valence-electron chi connectivity index (χ0n) is 10.7. The van der Waals surface area contributed by atoms with Crippen LogP contribution in [-0.2, 0) is 9.47 Å². The predicted molar refractivity (Wildman–Crippen MR) is 68.7 cm³/mol. The molecule has 0 saturated heterocycles. The number of aromatic hydroxyl groups is 1. The zero-order valence-corrected chi connectivity index (χ0v) is 10.7. The molecule has 0 atom stereocenters. The first-order valence-corrected chi connectivity index (χ1v) is 6.19. The van der Waals surface area contributed by atoms with E-state index in [1.165, 1.54) is 12.1 Å². The number of phenolic OH excluding ortho intramolecular Hbond substituents is 1. The molecule has 0 radical (unpaired) electrons. The standard InChI is InChI=1S/C14H20O4/c1-17-10-4-2-3-5-11-18-14(16)12-6-8-13(15)9-7-12/h6-9,15H,2-5,10-11H2,1H3. The van der Waals surface area contributed by atoms with Gasteiger partial charge in [-0.25, -0.2) is 4.79 Å². The third-order valence-electron chi connectivity index (χ3n) is 2.58. The molecular formula is C14H20O4. The maximum Gasteiger partial charge on any atom is 0.338 e. The first kappa shape index (κ1) is 14.5. The highest BCUT2D eigenvalue weighted by molar-refractivity contribution is 5.89. The lowest BCUT2D eigenvalue weighted by Crippen LogP contribution is -2.06. The molecule has 1 aromatic carbocycles. The molecule has 1 N–H and O–H groups in total. The van der Waals surface area contributed by atoms with Crippen molar-refractivity contribution < 1.29 is 19.4 Å². The number of esters is 1. The first-order chi connectivity index (χ1) is 8.74. The Labute approximate surface area is 108 Å². The quantitative estimate of drug-likeness (QED) is 0.571. The van der Waals surface area contributed by atoms with Gasteiger partial charge < -0.3 is 14.6 Å². The van der Waals surface area contributed by atoms with Crippen LogP contribution in [0, 0.1) is 0 Å². The molecule has 0 aromatic heterocycles. The highest BCUT2D eigenvalue weighted by Gasteiger charge is 2.06. The van der Waals surface area contributed by atoms with E-state index in [-0.39, 0.29) is 11.7 Å². The van der Waals surface area contributed by atoms with Crippen LogP contribution in [-0.4, -0.2) is 31.4 Å². The van der Waals surface area contributed by atoms with Crippen molar-refractivity contribution in [3.8, 4) is 5.75 Å². The Bertz CT molecular complexity index is 345. The number of carbonyl (C=O) groups excluding carboxylic acids is 1. The number of phenols is 1. The average molecular weight is 252 g/mol. The smallest absolute Gasteiger partial charge is 0.338 e. The molecular weight excluding hydrogens is 232 g/mol. The second-order valence-electron chi connectivity index (χ2n) is 4.09. The van der Waals surface area contributed by atoms with E-state index in [4.69, 9.17) is 14.6 Å². The molecule has 18 heavy (non-hydrogen) atoms. The van der Waals surface area contributed by atoms with E-state index in [9.17, 15) is 4.79 Å². The summed E-state index contributed by atoms with van der Waals surface area (Å²) in [6, 6.07) is 6.05. The van der Waals surface area contributed by atoms with E-state index >= 15 is 0 Å². The van der Waals surface area contributed by atoms with Crippen molar-refractivity contribution in [3.63, 3.8) is 0 Å². The van der Waals surface area contributed by atoms with E-state index in [1.54, 1.807) is 19.2 Å². The Morgan fingerprint density at radius 2 is 1.67 bits per heavy atom. The van der Waals surface area contributed by atoms with E-state index in [1.807, 2.05) is 0 Å². The zero-order chi connectivity index (χ0) is 13.2. The van der Waals surface area contributed by atoms with Crippen molar-refractivity contribution in [2.45, 2.75) is 25.7 Å². The molecule has 4 nitrogen and oxygen atoms in total. The van der Waals surface area contributed by atoms with Gasteiger partial charge in [0.15, 0.2) is 0 Å². The number of benzene rings is 1. The summed E-state index contributed by atoms with van der Waals surface area (Å²) in [7, 11) is 1.69. The second-order valence-corrected chi connectivity index (χ2v) is 4.09. The second kappa shape index (κ2) is 8.53. The van der Waals surface area contributed by atoms with Crippen LogP contribution in [0.15, 0.2) is 24.3 Å². The Balaban J connectivity index is 2.12. The van der Waals surface area contributed by atoms with Gasteiger partial charge in [0.2, 0.25) is 0 Å². The van der Waals surface area contributed by atoms with Crippen LogP contribution in [0.5, 0.6) is 5.75 Å². The summed E-state index contributed by atoms with van der Waals surface area (Å²) in [5, 5.41) is 9.09. The summed E-state index contributed by atoms with van der Waals surface area (Å²) in [6.07, 6.45) is 4.03. The van der Waals surface area contributed by atoms with Crippen LogP contribution in [0.3, 0.4) is 0 Å². The summed E-state index contributed by atoms with van der Waals surface area (Å²) in [5.74, 6) is -0.198. The molecule has 0 amide bonds. The van der Waals surface area contributed by atoms with Crippen molar-refractivity contribution >= 4 is 5.97 Å². The molecule has 0 aliphatic carbocycles. The maximum absolute atomic E-state index is 11.6. The van der Waals surface area contributed by atoms with Gasteiger partial charge in [0.25, 0.3) is 0 Å². The summed E-state index contributed by atoms with van der Waals surface area (Å²) < 4.78 is 10.1. The van der Waals surface area contributed by atoms with Gasteiger partial charge in [0.05, 0.1) is 12.2 Å². The molecule has 100 valence electrons. The molecule has 0 aliphatic heterocycles. The van der Waals surface area contributed by atoms with Crippen molar-refractivity contribution in [2.24, 2.45) is 0 Å². The molecule has 0 heterocycles. The third-order valence-corrected chi connectivity index (χ3v) is 2.58. The van der Waals surface area contributed by atoms with Gasteiger partial charge in [0, 0.05) is 13.7 Å². The number of unbranched alkanes of at least 4 members (excludes halogenated alkanes) is 3. The first-order valence-electron chi connectivity index (χ1n) is 6.19. The summed E-state index contributed by atoms with van der Waals surface area (Å²) >= 11 is 0. The number of hydrogen-bond donors (Lipinski definition) is 1. The van der Waals surface area contributed by atoms with Crippen LogP contribution < -0.4 is 0 Å². The fourth-order valence-electron chi connectivity index (χ4n) is 1.55. The lowest BCUT2D eigenvalue weighted by molar-refractivity contribution is 0.0497. The minimum atomic E-state index is -0.341. The minimum absolute atomic E-state index is 0.143. The summed E-state index contributed by atoms with van der Waals surface area (Å²) in [4.78, 5) is 11.6. The topological polar surface area (TPSA) is 55.8 Å². The largest absolute Gasteiger partial charge is 0.508 e. The average Bonchev–Trinajstić information content (AvgIpc) is 2.38. The van der Waals surface area contributed by atoms with Gasteiger partial charge in [-0.15, -0.1) is 0 Å². The lowest BCUT2D eigenvalue weighted by atomic mass is 10.2. The summed E-state index contributed by atoms with van der Waals surface area (Å²) in [5.41, 5.74) is 0.465. The molecule has 0 fully saturated rings. The van der Waals surface area contributed by atoms with E-state index < -0.39 is 0 Å². The number of carbonyl (C=O) groups is 1. The van der Waals surface area contributed by atoms with E-state index in [0.29, 0.717) is 12.2 Å². The molecule has 0 unspecified atom stereocenters. The Morgan fingerprint density at radius 1 is 1.06 bits per heavy atom. The van der Waals surface area contributed by atoms with Gasteiger partial charge in [-0.1, -0.05) is 6.42 Å². The molecule has 1 rings (SSSR count). The highest BCUT2D eigenvalue weighted by Crippen LogP contribution is 2.11. The van der Waals surface area contributed by atoms with Gasteiger partial charge in [-0.2, -0.15) is 0 Å². The SMILES string of the molecule is COCCCCCCOC(=O)c1ccc(O)cc1. The van der Waals surface area contributed by atoms with Gasteiger partial charge in [-0.05, 0) is 43.5 Å². The Kier molecular flexibility index (Phi) is 6.87. The van der Waals surface area contributed by atoms with E-state index in [2.05, 4.69) is 0 Å². The van der Waals surface area contributed by atoms with Crippen LogP contribution in [0.1, 0.15) is 36.0 Å². The molecule has 0 spiro atoms. The van der Waals surface area contributed by atoms with Gasteiger partial charge in [-0.3, -0.25) is 0 Å². The third kappa shape index (κ3) is 5.68. The molecule has 0 saturated carbocycles. The van der Waals surface area contributed by atoms with Crippen molar-refractivity contribution in [3.05, 3.63) is 29.8 Å². The van der Waals surface area contributed by atoms with Crippen molar-refractivity contribution in [1.29, 1.82) is 0 Å². The van der Waals surface area contributed by atoms with Crippen LogP contribution in [0.2, 0.25) is 0 Å². The van der Waals surface area contributed by atoms with Crippen LogP contribution in [0.25, 0.3) is 0 Å². The monoisotopic (exact) mass is 252 g/mol.